The predicted octanol–water partition coefficient (Wildman–Crippen LogP) is -7.75. The Kier molecular flexibility index (Phi) is 24.6. The minimum Gasteiger partial charge on any atom is -0.460 e. The van der Waals surface area contributed by atoms with Crippen molar-refractivity contribution >= 4 is 11.9 Å². The number of rotatable bonds is 19. The average molecular weight is 1270 g/mol. The largest absolute Gasteiger partial charge is 0.460 e. The highest BCUT2D eigenvalue weighted by Gasteiger charge is 2.58. The van der Waals surface area contributed by atoms with Gasteiger partial charge < -0.3 is 144 Å². The molecule has 0 bridgehead atoms. The summed E-state index contributed by atoms with van der Waals surface area (Å²) in [5.41, 5.74) is 0. The van der Waals surface area contributed by atoms with Gasteiger partial charge in [-0.1, -0.05) is 12.2 Å². The number of carbonyl (C=O) groups excluding carboxylic acids is 2. The monoisotopic (exact) mass is 1270 g/mol. The lowest BCUT2D eigenvalue weighted by Crippen LogP contribution is -2.66. The number of carbonyl (C=O) groups is 2. The van der Waals surface area contributed by atoms with Crippen molar-refractivity contribution in [1.82, 2.24) is 0 Å². The minimum absolute atomic E-state index is 0.0309. The third kappa shape index (κ3) is 16.4. The van der Waals surface area contributed by atoms with Crippen LogP contribution in [0.2, 0.25) is 0 Å². The van der Waals surface area contributed by atoms with E-state index in [-0.39, 0.29) is 50.4 Å². The van der Waals surface area contributed by atoms with Gasteiger partial charge in [-0.3, -0.25) is 0 Å². The number of ether oxygens (including phenoxy) is 11. The molecule has 0 aromatic carbocycles. The van der Waals surface area contributed by atoms with Crippen LogP contribution in [0.4, 0.5) is 0 Å². The van der Waals surface area contributed by atoms with Crippen LogP contribution < -0.4 is 0 Å². The highest BCUT2D eigenvalue weighted by Crippen LogP contribution is 2.45. The first-order chi connectivity index (χ1) is 41.9. The maximum absolute atomic E-state index is 13.2. The van der Waals surface area contributed by atoms with Gasteiger partial charge in [-0.15, -0.1) is 0 Å². The molecule has 32 atom stereocenters. The Balaban J connectivity index is 0.913. The molecule has 4 saturated carbocycles. The Morgan fingerprint density at radius 2 is 0.875 bits per heavy atom. The number of esters is 2. The fraction of sp³-hybridized carbons (Fsp3) is 0.895. The molecule has 504 valence electrons. The number of fused-ring (bicyclic) bond motifs is 1. The number of hydrogen-bond acceptors (Lipinski definition) is 30. The van der Waals surface area contributed by atoms with Gasteiger partial charge >= 0.3 is 11.9 Å². The summed E-state index contributed by atoms with van der Waals surface area (Å²) in [6.45, 7) is -2.89. The smallest absolute Gasteiger partial charge is 0.330 e. The van der Waals surface area contributed by atoms with Crippen molar-refractivity contribution < 1.29 is 154 Å². The molecule has 5 heterocycles. The van der Waals surface area contributed by atoms with Crippen molar-refractivity contribution in [2.75, 3.05) is 26.4 Å². The van der Waals surface area contributed by atoms with Crippen LogP contribution >= 0.6 is 0 Å². The number of hydrogen-bond donors (Lipinski definition) is 18. The molecule has 9 aliphatic rings. The molecule has 0 aromatic rings. The molecule has 19 N–H and O–H groups in total. The van der Waals surface area contributed by atoms with E-state index in [9.17, 15) is 102 Å². The van der Waals surface area contributed by atoms with Crippen molar-refractivity contribution in [3.05, 3.63) is 24.3 Å². The first kappa shape index (κ1) is 69.7. The highest BCUT2D eigenvalue weighted by atomic mass is 16.8. The number of allylic oxidation sites excluding steroid dienone is 2. The maximum atomic E-state index is 13.2. The second-order valence-electron chi connectivity index (χ2n) is 25.2. The fourth-order valence-corrected chi connectivity index (χ4v) is 13.8. The zero-order chi connectivity index (χ0) is 63.4. The summed E-state index contributed by atoms with van der Waals surface area (Å²) < 4.78 is 64.7. The van der Waals surface area contributed by atoms with Gasteiger partial charge in [0.1, 0.15) is 117 Å². The summed E-state index contributed by atoms with van der Waals surface area (Å²) >= 11 is 0. The van der Waals surface area contributed by atoms with Crippen molar-refractivity contribution in [1.29, 1.82) is 0 Å². The molecule has 88 heavy (non-hydrogen) atoms. The molecule has 0 amide bonds. The third-order valence-electron chi connectivity index (χ3n) is 19.1. The summed E-state index contributed by atoms with van der Waals surface area (Å²) in [6.07, 6.45) is -35.2. The predicted molar refractivity (Wildman–Crippen MR) is 288 cm³/mol. The van der Waals surface area contributed by atoms with Gasteiger partial charge in [-0.2, -0.15) is 0 Å². The van der Waals surface area contributed by atoms with Gasteiger partial charge in [0.25, 0.3) is 0 Å². The fourth-order valence-electron chi connectivity index (χ4n) is 13.8. The van der Waals surface area contributed by atoms with Gasteiger partial charge in [-0.25, -0.2) is 9.59 Å². The summed E-state index contributed by atoms with van der Waals surface area (Å²) in [7, 11) is 0. The normalized spacial score (nSPS) is 49.7. The van der Waals surface area contributed by atoms with Crippen LogP contribution in [0, 0.1) is 23.7 Å². The van der Waals surface area contributed by atoms with Gasteiger partial charge in [-0.05, 0) is 82.5 Å². The zero-order valence-corrected chi connectivity index (χ0v) is 48.4. The summed E-state index contributed by atoms with van der Waals surface area (Å²) in [4.78, 5) is 26.3. The van der Waals surface area contributed by atoms with Crippen molar-refractivity contribution in [2.45, 2.75) is 267 Å². The van der Waals surface area contributed by atoms with Gasteiger partial charge in [0, 0.05) is 30.9 Å². The third-order valence-corrected chi connectivity index (χ3v) is 19.1. The Hall–Kier alpha value is -2.66. The molecular formula is C57H91O31+. The Morgan fingerprint density at radius 3 is 1.42 bits per heavy atom. The van der Waals surface area contributed by atoms with Crippen molar-refractivity contribution in [3.8, 4) is 0 Å². The van der Waals surface area contributed by atoms with Gasteiger partial charge in [0.15, 0.2) is 37.4 Å². The molecule has 0 aromatic heterocycles. The molecular weight excluding hydrogens is 1180 g/mol. The minimum atomic E-state index is -2.09. The first-order valence-electron chi connectivity index (χ1n) is 30.7. The van der Waals surface area contributed by atoms with E-state index in [4.69, 9.17) is 52.1 Å². The SMILES string of the molecule is O=C(C=CC1CCC(O)C(OC2OC(CO)C(O)C(O)C2O)C1)OCC1OC(OC2C(OC3CC4C(OC5OC(CO)C(O)C(O)C5O)CC(O)CC4[OH+]C3C3CCC(O)CC3)OC(COC(=O)C=CC3CCC(O)C(O)C3)C(O)C2O)C(O)C(O)C1O. The topological polar surface area (TPSA) is 503 Å². The number of aliphatic hydroxyl groups excluding tert-OH is 18. The van der Waals surface area contributed by atoms with E-state index in [1.807, 2.05) is 0 Å². The Bertz CT molecular complexity index is 2260. The average Bonchev–Trinajstić information content (AvgIpc) is 3.53. The Morgan fingerprint density at radius 1 is 0.409 bits per heavy atom. The highest BCUT2D eigenvalue weighted by molar-refractivity contribution is 5.82. The van der Waals surface area contributed by atoms with E-state index in [2.05, 4.69) is 0 Å². The van der Waals surface area contributed by atoms with Crippen LogP contribution in [0.25, 0.3) is 0 Å². The lowest BCUT2D eigenvalue weighted by atomic mass is 9.73. The molecule has 32 unspecified atom stereocenters. The van der Waals surface area contributed by atoms with Crippen molar-refractivity contribution in [2.24, 2.45) is 23.7 Å². The second kappa shape index (κ2) is 31.1. The van der Waals surface area contributed by atoms with E-state index < -0.39 is 234 Å². The summed E-state index contributed by atoms with van der Waals surface area (Å²) in [5, 5.41) is 193. The van der Waals surface area contributed by atoms with Gasteiger partial charge in [0.05, 0.1) is 61.9 Å². The molecule has 9 rings (SSSR count). The molecule has 5 aliphatic heterocycles. The molecule has 31 nitrogen and oxygen atoms in total. The van der Waals surface area contributed by atoms with Crippen LogP contribution in [-0.2, 0) is 57.0 Å². The van der Waals surface area contributed by atoms with E-state index in [0.29, 0.717) is 44.9 Å². The summed E-state index contributed by atoms with van der Waals surface area (Å²) in [5.74, 6) is -3.45. The summed E-state index contributed by atoms with van der Waals surface area (Å²) in [6, 6.07) is 0. The van der Waals surface area contributed by atoms with Crippen LogP contribution in [0.3, 0.4) is 0 Å². The molecule has 31 heteroatoms. The van der Waals surface area contributed by atoms with Gasteiger partial charge in [0.2, 0.25) is 0 Å². The standard InChI is InChI=1S/C57H90O31/c58-18-35-41(67)45(71)49(75)54(84-35)81-32-16-26(61)15-31-27(32)17-34(52(80-31)24-5-7-25(60)8-6-24)83-57-53(48(74)44(70)38(87-57)21-79-39(65)11-3-22-1-9-28(62)30(64)13-22)88-56-51(77)47(73)43(69)37(86-56)20-78-40(66)12-4-23-2-10-29(63)33(14-23)82-55-50(76)46(72)42(68)36(19-59)85-55/h3-4,11-12,22-38,41-64,67-77H,1-2,5-10,13-21H2/p+1. The first-order valence-corrected chi connectivity index (χ1v) is 30.7. The maximum Gasteiger partial charge on any atom is 0.330 e. The zero-order valence-electron chi connectivity index (χ0n) is 48.4. The van der Waals surface area contributed by atoms with E-state index in [1.54, 1.807) is 0 Å². The van der Waals surface area contributed by atoms with Crippen molar-refractivity contribution in [3.63, 3.8) is 0 Å². The van der Waals surface area contributed by atoms with Crippen LogP contribution in [0.1, 0.15) is 83.5 Å². The van der Waals surface area contributed by atoms with Crippen LogP contribution in [-0.4, -0.2) is 319 Å². The lowest BCUT2D eigenvalue weighted by molar-refractivity contribution is -0.389. The van der Waals surface area contributed by atoms with E-state index in [1.165, 1.54) is 12.2 Å². The van der Waals surface area contributed by atoms with E-state index >= 15 is 0 Å². The number of aliphatic hydroxyl groups is 20. The lowest BCUT2D eigenvalue weighted by Gasteiger charge is -2.50. The molecule has 0 spiro atoms. The van der Waals surface area contributed by atoms with E-state index in [0.717, 1.165) is 12.2 Å². The molecule has 0 radical (unpaired) electrons. The Labute approximate surface area is 506 Å². The molecule has 5 saturated heterocycles. The quantitative estimate of drug-likeness (QED) is 0.0324. The molecule has 4 aliphatic carbocycles. The van der Waals surface area contributed by atoms with Crippen LogP contribution in [0.15, 0.2) is 24.3 Å². The van der Waals surface area contributed by atoms with Crippen LogP contribution in [0.5, 0.6) is 0 Å². The molecule has 9 fully saturated rings. The second-order valence-corrected chi connectivity index (χ2v) is 25.2.